The number of hydrogen-bond donors (Lipinski definition) is 1. The van der Waals surface area contributed by atoms with Gasteiger partial charge in [-0.15, -0.1) is 10.2 Å². The van der Waals surface area contributed by atoms with Gasteiger partial charge in [0.25, 0.3) is 0 Å². The van der Waals surface area contributed by atoms with Crippen LogP contribution in [-0.4, -0.2) is 52.3 Å². The van der Waals surface area contributed by atoms with Crippen LogP contribution in [0, 0.1) is 0 Å². The van der Waals surface area contributed by atoms with E-state index in [1.165, 1.54) is 0 Å². The van der Waals surface area contributed by atoms with E-state index in [1.807, 2.05) is 6.92 Å². The molecule has 104 valence electrons. The number of rotatable bonds is 3. The molecule has 1 unspecified atom stereocenters. The van der Waals surface area contributed by atoms with E-state index in [0.29, 0.717) is 15.3 Å². The molecule has 1 aromatic rings. The zero-order valence-corrected chi connectivity index (χ0v) is 12.8. The van der Waals surface area contributed by atoms with Crippen molar-refractivity contribution < 1.29 is 0 Å². The summed E-state index contributed by atoms with van der Waals surface area (Å²) in [4.78, 5) is 4.93. The highest BCUT2D eigenvalue weighted by Gasteiger charge is 2.24. The number of thiocarbonyl (C=S) groups is 1. The highest BCUT2D eigenvalue weighted by molar-refractivity contribution is 7.80. The Morgan fingerprint density at radius 1 is 1.32 bits per heavy atom. The van der Waals surface area contributed by atoms with Gasteiger partial charge in [-0.05, 0) is 6.92 Å². The van der Waals surface area contributed by atoms with Crippen LogP contribution in [0.3, 0.4) is 0 Å². The summed E-state index contributed by atoms with van der Waals surface area (Å²) in [5, 5.41) is 8.26. The van der Waals surface area contributed by atoms with Crippen molar-refractivity contribution in [2.75, 3.05) is 31.1 Å². The van der Waals surface area contributed by atoms with Gasteiger partial charge in [0.2, 0.25) is 0 Å². The van der Waals surface area contributed by atoms with E-state index in [1.54, 1.807) is 6.07 Å². The second-order valence-corrected chi connectivity index (χ2v) is 5.66. The Morgan fingerprint density at radius 2 is 1.95 bits per heavy atom. The molecule has 0 spiro atoms. The molecule has 19 heavy (non-hydrogen) atoms. The van der Waals surface area contributed by atoms with Crippen LogP contribution in [0.2, 0.25) is 10.3 Å². The lowest BCUT2D eigenvalue weighted by Gasteiger charge is -2.38. The van der Waals surface area contributed by atoms with Gasteiger partial charge in [-0.25, -0.2) is 0 Å². The van der Waals surface area contributed by atoms with Crippen LogP contribution < -0.4 is 10.6 Å². The summed E-state index contributed by atoms with van der Waals surface area (Å²) in [6.45, 7) is 5.42. The predicted octanol–water partition coefficient (Wildman–Crippen LogP) is 1.58. The molecule has 0 amide bonds. The average Bonchev–Trinajstić information content (AvgIpc) is 2.41. The molecule has 0 saturated carbocycles. The van der Waals surface area contributed by atoms with Gasteiger partial charge >= 0.3 is 0 Å². The third-order valence-electron chi connectivity index (χ3n) is 3.31. The maximum Gasteiger partial charge on any atom is 0.175 e. The first-order valence-corrected chi connectivity index (χ1v) is 7.12. The van der Waals surface area contributed by atoms with Crippen molar-refractivity contribution in [2.45, 2.75) is 13.0 Å². The molecule has 1 aromatic heterocycles. The van der Waals surface area contributed by atoms with Crippen molar-refractivity contribution in [1.82, 2.24) is 15.1 Å². The van der Waals surface area contributed by atoms with Crippen LogP contribution in [-0.2, 0) is 0 Å². The number of anilines is 1. The zero-order chi connectivity index (χ0) is 14.0. The number of hydrogen-bond acceptors (Lipinski definition) is 5. The molecule has 1 aliphatic rings. The Hall–Kier alpha value is -0.690. The topological polar surface area (TPSA) is 58.3 Å². The lowest BCUT2D eigenvalue weighted by molar-refractivity contribution is 0.239. The summed E-state index contributed by atoms with van der Waals surface area (Å²) in [5.74, 6) is 0. The van der Waals surface area contributed by atoms with Crippen LogP contribution in [0.5, 0.6) is 0 Å². The van der Waals surface area contributed by atoms with Crippen molar-refractivity contribution in [3.63, 3.8) is 0 Å². The van der Waals surface area contributed by atoms with E-state index in [9.17, 15) is 0 Å². The second kappa shape index (κ2) is 6.17. The summed E-state index contributed by atoms with van der Waals surface area (Å²) < 4.78 is 0. The molecule has 0 radical (unpaired) electrons. The molecule has 1 aliphatic heterocycles. The van der Waals surface area contributed by atoms with Crippen molar-refractivity contribution in [3.8, 4) is 0 Å². The molecule has 1 fully saturated rings. The van der Waals surface area contributed by atoms with Gasteiger partial charge in [0.15, 0.2) is 10.3 Å². The molecule has 2 rings (SSSR count). The van der Waals surface area contributed by atoms with Gasteiger partial charge in [0.1, 0.15) is 0 Å². The van der Waals surface area contributed by atoms with E-state index < -0.39 is 0 Å². The molecule has 0 bridgehead atoms. The van der Waals surface area contributed by atoms with Gasteiger partial charge in [-0.2, -0.15) is 0 Å². The first-order chi connectivity index (χ1) is 8.99. The lowest BCUT2D eigenvalue weighted by atomic mass is 10.2. The van der Waals surface area contributed by atoms with Gasteiger partial charge in [-0.1, -0.05) is 35.4 Å². The Morgan fingerprint density at radius 3 is 2.53 bits per heavy atom. The minimum absolute atomic E-state index is 0.117. The quantitative estimate of drug-likeness (QED) is 0.854. The molecule has 0 aliphatic carbocycles. The number of halogens is 2. The number of nitrogens with two attached hydrogens (primary N) is 1. The number of aromatic nitrogens is 2. The highest BCUT2D eigenvalue weighted by atomic mass is 35.5. The summed E-state index contributed by atoms with van der Waals surface area (Å²) in [6.07, 6.45) is 0. The minimum Gasteiger partial charge on any atom is -0.392 e. The zero-order valence-electron chi connectivity index (χ0n) is 10.5. The van der Waals surface area contributed by atoms with Gasteiger partial charge in [0, 0.05) is 32.2 Å². The van der Waals surface area contributed by atoms with Crippen molar-refractivity contribution in [3.05, 3.63) is 16.4 Å². The lowest BCUT2D eigenvalue weighted by Crippen LogP contribution is -2.52. The standard InChI is InChI=1S/C11H15Cl2N5S/c1-7(11(14)19)17-2-4-18(5-3-17)8-6-9(12)15-16-10(8)13/h6-7H,2-5H2,1H3,(H2,14,19). The van der Waals surface area contributed by atoms with Gasteiger partial charge in [-0.3, -0.25) is 4.90 Å². The fourth-order valence-electron chi connectivity index (χ4n) is 2.10. The SMILES string of the molecule is CC(C(N)=S)N1CCN(c2cc(Cl)nnc2Cl)CC1. The Bertz CT molecular complexity index is 476. The minimum atomic E-state index is 0.117. The maximum absolute atomic E-state index is 6.05. The molecule has 8 heteroatoms. The Labute approximate surface area is 127 Å². The highest BCUT2D eigenvalue weighted by Crippen LogP contribution is 2.26. The second-order valence-electron chi connectivity index (χ2n) is 4.44. The third-order valence-corrected chi connectivity index (χ3v) is 4.11. The fraction of sp³-hybridized carbons (Fsp3) is 0.545. The van der Waals surface area contributed by atoms with Crippen molar-refractivity contribution in [1.29, 1.82) is 0 Å². The van der Waals surface area contributed by atoms with Crippen LogP contribution in [0.25, 0.3) is 0 Å². The predicted molar refractivity (Wildman–Crippen MR) is 82.1 cm³/mol. The van der Waals surface area contributed by atoms with E-state index in [-0.39, 0.29) is 6.04 Å². The molecule has 2 N–H and O–H groups in total. The smallest absolute Gasteiger partial charge is 0.175 e. The van der Waals surface area contributed by atoms with Crippen molar-refractivity contribution >= 4 is 46.1 Å². The van der Waals surface area contributed by atoms with Gasteiger partial charge < -0.3 is 10.6 Å². The third kappa shape index (κ3) is 3.45. The molecular weight excluding hydrogens is 305 g/mol. The van der Waals surface area contributed by atoms with E-state index >= 15 is 0 Å². The first kappa shape index (κ1) is 14.7. The largest absolute Gasteiger partial charge is 0.392 e. The van der Waals surface area contributed by atoms with Crippen molar-refractivity contribution in [2.24, 2.45) is 5.73 Å². The average molecular weight is 320 g/mol. The Kier molecular flexibility index (Phi) is 4.78. The van der Waals surface area contributed by atoms with E-state index in [4.69, 9.17) is 41.2 Å². The molecule has 1 atom stereocenters. The van der Waals surface area contributed by atoms with Crippen LogP contribution in [0.15, 0.2) is 6.07 Å². The molecule has 1 saturated heterocycles. The van der Waals surface area contributed by atoms with Crippen LogP contribution in [0.1, 0.15) is 6.92 Å². The van der Waals surface area contributed by atoms with Crippen LogP contribution >= 0.6 is 35.4 Å². The Balaban J connectivity index is 2.04. The molecular formula is C11H15Cl2N5S. The van der Waals surface area contributed by atoms with Gasteiger partial charge in [0.05, 0.1) is 16.7 Å². The number of piperazine rings is 1. The summed E-state index contributed by atoms with van der Waals surface area (Å²) in [5.41, 5.74) is 6.50. The summed E-state index contributed by atoms with van der Waals surface area (Å²) in [6, 6.07) is 1.86. The van der Waals surface area contributed by atoms with E-state index in [0.717, 1.165) is 31.9 Å². The molecule has 0 aromatic carbocycles. The van der Waals surface area contributed by atoms with E-state index in [2.05, 4.69) is 20.0 Å². The summed E-state index contributed by atoms with van der Waals surface area (Å²) in [7, 11) is 0. The molecule has 5 nitrogen and oxygen atoms in total. The number of nitrogens with zero attached hydrogens (tertiary/aromatic N) is 4. The first-order valence-electron chi connectivity index (χ1n) is 5.96. The molecule has 2 heterocycles. The summed E-state index contributed by atoms with van der Waals surface area (Å²) >= 11 is 16.9. The maximum atomic E-state index is 6.05. The normalized spacial score (nSPS) is 18.4. The monoisotopic (exact) mass is 319 g/mol. The fourth-order valence-corrected chi connectivity index (χ4v) is 2.60. The van der Waals surface area contributed by atoms with Crippen LogP contribution in [0.4, 0.5) is 5.69 Å².